The summed E-state index contributed by atoms with van der Waals surface area (Å²) in [6.45, 7) is 10.6. The van der Waals surface area contributed by atoms with Crippen molar-refractivity contribution < 1.29 is 0 Å². The maximum Gasteiger partial charge on any atom is 0.249 e. The fraction of sp³-hybridized carbons (Fsp3) is 0.438. The smallest absolute Gasteiger partial charge is 0.249 e. The zero-order chi connectivity index (χ0) is 15.4. The number of benzene rings is 1. The summed E-state index contributed by atoms with van der Waals surface area (Å²) in [6.07, 6.45) is 1.63. The monoisotopic (exact) mass is 285 g/mol. The van der Waals surface area contributed by atoms with Gasteiger partial charge in [0.2, 0.25) is 5.95 Å². The number of para-hydroxylation sites is 1. The zero-order valence-electron chi connectivity index (χ0n) is 13.3. The summed E-state index contributed by atoms with van der Waals surface area (Å²) in [7, 11) is 0. The maximum atomic E-state index is 4.45. The van der Waals surface area contributed by atoms with Crippen molar-refractivity contribution in [3.63, 3.8) is 0 Å². The Morgan fingerprint density at radius 3 is 2.52 bits per heavy atom. The number of nitrogens with zero attached hydrogens (tertiary/aromatic N) is 3. The lowest BCUT2D eigenvalue weighted by atomic mass is 9.98. The van der Waals surface area contributed by atoms with Gasteiger partial charge in [0.25, 0.3) is 0 Å². The van der Waals surface area contributed by atoms with Crippen LogP contribution in [0.5, 0.6) is 0 Å². The molecule has 0 amide bonds. The van der Waals surface area contributed by atoms with E-state index in [1.54, 1.807) is 6.20 Å². The standard InChI is InChI=1S/C16H23N5/c1-10(2)13-8-6-7-12(5)15(13)20-16-19-14(9-17-21-16)18-11(3)4/h6-11H,1-5H3,(H2,18,19,20,21). The zero-order valence-corrected chi connectivity index (χ0v) is 13.3. The third kappa shape index (κ3) is 3.90. The van der Waals surface area contributed by atoms with Gasteiger partial charge < -0.3 is 10.6 Å². The molecule has 5 nitrogen and oxygen atoms in total. The van der Waals surface area contributed by atoms with Gasteiger partial charge in [0.05, 0.1) is 6.20 Å². The molecule has 1 aromatic carbocycles. The SMILES string of the molecule is Cc1cccc(C(C)C)c1Nc1nncc(NC(C)C)n1. The number of aryl methyl sites for hydroxylation is 1. The van der Waals surface area contributed by atoms with Crippen LogP contribution in [0.3, 0.4) is 0 Å². The lowest BCUT2D eigenvalue weighted by molar-refractivity contribution is 0.862. The highest BCUT2D eigenvalue weighted by atomic mass is 15.3. The topological polar surface area (TPSA) is 62.7 Å². The van der Waals surface area contributed by atoms with Gasteiger partial charge in [-0.3, -0.25) is 0 Å². The molecule has 0 aliphatic carbocycles. The summed E-state index contributed by atoms with van der Waals surface area (Å²) in [5.41, 5.74) is 3.49. The van der Waals surface area contributed by atoms with E-state index < -0.39 is 0 Å². The van der Waals surface area contributed by atoms with Gasteiger partial charge in [-0.05, 0) is 37.8 Å². The summed E-state index contributed by atoms with van der Waals surface area (Å²) in [5.74, 6) is 1.66. The van der Waals surface area contributed by atoms with Crippen molar-refractivity contribution in [2.75, 3.05) is 10.6 Å². The predicted molar refractivity (Wildman–Crippen MR) is 87.1 cm³/mol. The van der Waals surface area contributed by atoms with Crippen molar-refractivity contribution in [3.8, 4) is 0 Å². The molecule has 1 heterocycles. The second-order valence-electron chi connectivity index (χ2n) is 5.78. The fourth-order valence-electron chi connectivity index (χ4n) is 2.18. The Morgan fingerprint density at radius 1 is 1.10 bits per heavy atom. The Morgan fingerprint density at radius 2 is 1.86 bits per heavy atom. The number of aromatic nitrogens is 3. The Labute approximate surface area is 126 Å². The minimum absolute atomic E-state index is 0.305. The van der Waals surface area contributed by atoms with Crippen LogP contribution in [0, 0.1) is 6.92 Å². The van der Waals surface area contributed by atoms with Gasteiger partial charge in [0, 0.05) is 11.7 Å². The van der Waals surface area contributed by atoms with Gasteiger partial charge >= 0.3 is 0 Å². The number of rotatable bonds is 5. The molecule has 0 saturated heterocycles. The molecule has 0 aliphatic rings. The molecule has 112 valence electrons. The second kappa shape index (κ2) is 6.52. The minimum Gasteiger partial charge on any atom is -0.366 e. The highest BCUT2D eigenvalue weighted by molar-refractivity contribution is 5.64. The third-order valence-corrected chi connectivity index (χ3v) is 3.16. The Hall–Kier alpha value is -2.17. The normalized spacial score (nSPS) is 11.0. The van der Waals surface area contributed by atoms with Crippen LogP contribution in [-0.4, -0.2) is 21.2 Å². The number of nitrogens with one attached hydrogen (secondary N) is 2. The Bertz CT molecular complexity index is 607. The van der Waals surface area contributed by atoms with Crippen molar-refractivity contribution in [2.45, 2.75) is 46.6 Å². The number of hydrogen-bond donors (Lipinski definition) is 2. The van der Waals surface area contributed by atoms with E-state index in [2.05, 4.69) is 78.6 Å². The molecule has 0 unspecified atom stereocenters. The maximum absolute atomic E-state index is 4.45. The quantitative estimate of drug-likeness (QED) is 0.873. The van der Waals surface area contributed by atoms with E-state index in [4.69, 9.17) is 0 Å². The molecule has 2 aromatic rings. The molecular formula is C16H23N5. The van der Waals surface area contributed by atoms with Crippen molar-refractivity contribution in [3.05, 3.63) is 35.5 Å². The molecule has 2 rings (SSSR count). The molecule has 2 N–H and O–H groups in total. The molecule has 0 aliphatic heterocycles. The molecule has 0 spiro atoms. The van der Waals surface area contributed by atoms with Gasteiger partial charge in [-0.1, -0.05) is 32.0 Å². The van der Waals surface area contributed by atoms with Crippen LogP contribution in [-0.2, 0) is 0 Å². The number of hydrogen-bond acceptors (Lipinski definition) is 5. The van der Waals surface area contributed by atoms with Gasteiger partial charge in [-0.25, -0.2) is 0 Å². The first-order valence-electron chi connectivity index (χ1n) is 7.30. The van der Waals surface area contributed by atoms with Crippen molar-refractivity contribution in [1.29, 1.82) is 0 Å². The van der Waals surface area contributed by atoms with Crippen LogP contribution >= 0.6 is 0 Å². The minimum atomic E-state index is 0.305. The van der Waals surface area contributed by atoms with Gasteiger partial charge in [0.1, 0.15) is 0 Å². The molecule has 5 heteroatoms. The molecule has 21 heavy (non-hydrogen) atoms. The van der Waals surface area contributed by atoms with E-state index in [9.17, 15) is 0 Å². The van der Waals surface area contributed by atoms with Gasteiger partial charge in [-0.15, -0.1) is 5.10 Å². The molecule has 0 atom stereocenters. The van der Waals surface area contributed by atoms with E-state index in [0.29, 0.717) is 17.9 Å². The van der Waals surface area contributed by atoms with E-state index in [-0.39, 0.29) is 0 Å². The lowest BCUT2D eigenvalue weighted by Gasteiger charge is -2.16. The highest BCUT2D eigenvalue weighted by Crippen LogP contribution is 2.29. The largest absolute Gasteiger partial charge is 0.366 e. The predicted octanol–water partition coefficient (Wildman–Crippen LogP) is 3.87. The fourth-order valence-corrected chi connectivity index (χ4v) is 2.18. The van der Waals surface area contributed by atoms with Crippen LogP contribution in [0.1, 0.15) is 44.7 Å². The highest BCUT2D eigenvalue weighted by Gasteiger charge is 2.11. The molecule has 0 fully saturated rings. The molecular weight excluding hydrogens is 262 g/mol. The summed E-state index contributed by atoms with van der Waals surface area (Å²) >= 11 is 0. The van der Waals surface area contributed by atoms with E-state index >= 15 is 0 Å². The first kappa shape index (κ1) is 15.2. The first-order valence-corrected chi connectivity index (χ1v) is 7.30. The first-order chi connectivity index (χ1) is 9.97. The number of anilines is 3. The third-order valence-electron chi connectivity index (χ3n) is 3.16. The van der Waals surface area contributed by atoms with E-state index in [1.165, 1.54) is 11.1 Å². The summed E-state index contributed by atoms with van der Waals surface area (Å²) < 4.78 is 0. The molecule has 1 aromatic heterocycles. The van der Waals surface area contributed by atoms with Crippen LogP contribution < -0.4 is 10.6 Å². The van der Waals surface area contributed by atoms with E-state index in [1.807, 2.05) is 0 Å². The Kier molecular flexibility index (Phi) is 4.73. The average Bonchev–Trinajstić information content (AvgIpc) is 2.40. The van der Waals surface area contributed by atoms with Gasteiger partial charge in [-0.2, -0.15) is 10.1 Å². The van der Waals surface area contributed by atoms with Gasteiger partial charge in [0.15, 0.2) is 5.82 Å². The lowest BCUT2D eigenvalue weighted by Crippen LogP contribution is -2.13. The van der Waals surface area contributed by atoms with Crippen LogP contribution in [0.4, 0.5) is 17.5 Å². The van der Waals surface area contributed by atoms with Crippen LogP contribution in [0.25, 0.3) is 0 Å². The summed E-state index contributed by atoms with van der Waals surface area (Å²) in [6, 6.07) is 6.59. The molecule has 0 bridgehead atoms. The van der Waals surface area contributed by atoms with E-state index in [0.717, 1.165) is 11.5 Å². The second-order valence-corrected chi connectivity index (χ2v) is 5.78. The van der Waals surface area contributed by atoms with Crippen molar-refractivity contribution >= 4 is 17.5 Å². The Balaban J connectivity index is 2.30. The van der Waals surface area contributed by atoms with Crippen molar-refractivity contribution in [2.24, 2.45) is 0 Å². The van der Waals surface area contributed by atoms with Crippen molar-refractivity contribution in [1.82, 2.24) is 15.2 Å². The average molecular weight is 285 g/mol. The molecule has 0 saturated carbocycles. The summed E-state index contributed by atoms with van der Waals surface area (Å²) in [5, 5.41) is 14.6. The molecule has 0 radical (unpaired) electrons. The van der Waals surface area contributed by atoms with Crippen LogP contribution in [0.2, 0.25) is 0 Å². The summed E-state index contributed by atoms with van der Waals surface area (Å²) in [4.78, 5) is 4.45. The van der Waals surface area contributed by atoms with Crippen LogP contribution in [0.15, 0.2) is 24.4 Å².